The van der Waals surface area contributed by atoms with Crippen LogP contribution in [-0.4, -0.2) is 30.4 Å². The molecule has 0 heterocycles. The van der Waals surface area contributed by atoms with Crippen LogP contribution in [0.1, 0.15) is 19.8 Å². The smallest absolute Gasteiger partial charge is 0.225 e. The molecule has 20 heavy (non-hydrogen) atoms. The van der Waals surface area contributed by atoms with Crippen LogP contribution in [0.2, 0.25) is 0 Å². The molecule has 108 valence electrons. The first-order valence-electron chi connectivity index (χ1n) is 6.36. The standard InChI is InChI=1S/C14H19FN4O/c1-10(5-7-16)19(2)8-6-14(20)18-13-4-3-11(15)9-12(13)17/h3-4,9-10H,5-6,8,17H2,1-2H3,(H,18,20). The zero-order valence-electron chi connectivity index (χ0n) is 11.7. The van der Waals surface area contributed by atoms with Gasteiger partial charge in [0.1, 0.15) is 5.82 Å². The van der Waals surface area contributed by atoms with E-state index in [4.69, 9.17) is 11.0 Å². The maximum absolute atomic E-state index is 12.9. The van der Waals surface area contributed by atoms with Crippen molar-refractivity contribution in [1.29, 1.82) is 5.26 Å². The van der Waals surface area contributed by atoms with Gasteiger partial charge < -0.3 is 16.0 Å². The molecular formula is C14H19FN4O. The minimum Gasteiger partial charge on any atom is -0.397 e. The number of halogens is 1. The Morgan fingerprint density at radius 3 is 2.90 bits per heavy atom. The zero-order valence-corrected chi connectivity index (χ0v) is 11.7. The topological polar surface area (TPSA) is 82.2 Å². The van der Waals surface area contributed by atoms with Gasteiger partial charge in [-0.1, -0.05) is 0 Å². The summed E-state index contributed by atoms with van der Waals surface area (Å²) in [6, 6.07) is 6.04. The Hall–Kier alpha value is -2.13. The second kappa shape index (κ2) is 7.46. The average molecular weight is 278 g/mol. The van der Waals surface area contributed by atoms with Crippen LogP contribution in [0.15, 0.2) is 18.2 Å². The highest BCUT2D eigenvalue weighted by atomic mass is 19.1. The molecule has 3 N–H and O–H groups in total. The molecule has 0 aliphatic heterocycles. The number of carbonyl (C=O) groups is 1. The van der Waals surface area contributed by atoms with Crippen LogP contribution in [0, 0.1) is 17.1 Å². The number of rotatable bonds is 6. The predicted molar refractivity (Wildman–Crippen MR) is 76.4 cm³/mol. The molecule has 1 aromatic carbocycles. The summed E-state index contributed by atoms with van der Waals surface area (Å²) in [5.74, 6) is -0.634. The molecule has 0 fully saturated rings. The van der Waals surface area contributed by atoms with Crippen LogP contribution in [0.4, 0.5) is 15.8 Å². The van der Waals surface area contributed by atoms with Gasteiger partial charge in [-0.2, -0.15) is 5.26 Å². The van der Waals surface area contributed by atoms with E-state index < -0.39 is 5.82 Å². The molecule has 1 unspecified atom stereocenters. The number of amides is 1. The average Bonchev–Trinajstić information content (AvgIpc) is 2.39. The second-order valence-corrected chi connectivity index (χ2v) is 4.72. The molecule has 0 radical (unpaired) electrons. The van der Waals surface area contributed by atoms with Crippen molar-refractivity contribution in [3.63, 3.8) is 0 Å². The molecule has 1 aromatic rings. The molecule has 5 nitrogen and oxygen atoms in total. The summed E-state index contributed by atoms with van der Waals surface area (Å²) in [6.45, 7) is 2.47. The number of benzene rings is 1. The van der Waals surface area contributed by atoms with Gasteiger partial charge in [0.15, 0.2) is 0 Å². The molecular weight excluding hydrogens is 259 g/mol. The van der Waals surface area contributed by atoms with Crippen molar-refractivity contribution in [2.24, 2.45) is 0 Å². The van der Waals surface area contributed by atoms with Crippen molar-refractivity contribution in [3.8, 4) is 6.07 Å². The Bertz CT molecular complexity index is 512. The third-order valence-corrected chi connectivity index (χ3v) is 3.12. The molecule has 6 heteroatoms. The van der Waals surface area contributed by atoms with Crippen LogP contribution in [-0.2, 0) is 4.79 Å². The number of nitrogens with zero attached hydrogens (tertiary/aromatic N) is 2. The fourth-order valence-electron chi connectivity index (χ4n) is 1.65. The van der Waals surface area contributed by atoms with Gasteiger partial charge in [-0.25, -0.2) is 4.39 Å². The van der Waals surface area contributed by atoms with Crippen LogP contribution in [0.25, 0.3) is 0 Å². The molecule has 1 amide bonds. The van der Waals surface area contributed by atoms with E-state index in [1.54, 1.807) is 0 Å². The van der Waals surface area contributed by atoms with Crippen LogP contribution >= 0.6 is 0 Å². The molecule has 1 rings (SSSR count). The first-order chi connectivity index (χ1) is 9.43. The molecule has 0 bridgehead atoms. The SMILES string of the molecule is CC(CC#N)N(C)CCC(=O)Nc1ccc(F)cc1N. The predicted octanol–water partition coefficient (Wildman–Crippen LogP) is 1.97. The Balaban J connectivity index is 2.46. The molecule has 0 saturated heterocycles. The van der Waals surface area contributed by atoms with Gasteiger partial charge in [-0.15, -0.1) is 0 Å². The highest BCUT2D eigenvalue weighted by Crippen LogP contribution is 2.19. The Labute approximate surface area is 118 Å². The van der Waals surface area contributed by atoms with E-state index in [0.717, 1.165) is 6.07 Å². The Morgan fingerprint density at radius 2 is 2.30 bits per heavy atom. The van der Waals surface area contributed by atoms with Crippen molar-refractivity contribution in [2.45, 2.75) is 25.8 Å². The van der Waals surface area contributed by atoms with Crippen molar-refractivity contribution in [3.05, 3.63) is 24.0 Å². The number of nitrogen functional groups attached to an aromatic ring is 1. The van der Waals surface area contributed by atoms with Crippen molar-refractivity contribution < 1.29 is 9.18 Å². The fourth-order valence-corrected chi connectivity index (χ4v) is 1.65. The van der Waals surface area contributed by atoms with E-state index in [-0.39, 0.29) is 24.1 Å². The quantitative estimate of drug-likeness (QED) is 0.779. The summed E-state index contributed by atoms with van der Waals surface area (Å²) < 4.78 is 12.9. The number of anilines is 2. The number of nitrogens with one attached hydrogen (secondary N) is 1. The van der Waals surface area contributed by atoms with Gasteiger partial charge in [-0.3, -0.25) is 4.79 Å². The molecule has 0 saturated carbocycles. The molecule has 0 aliphatic rings. The summed E-state index contributed by atoms with van der Waals surface area (Å²) in [5.41, 5.74) is 6.22. The first-order valence-corrected chi connectivity index (χ1v) is 6.36. The van der Waals surface area contributed by atoms with E-state index in [9.17, 15) is 9.18 Å². The number of nitriles is 1. The van der Waals surface area contributed by atoms with Crippen molar-refractivity contribution in [2.75, 3.05) is 24.6 Å². The van der Waals surface area contributed by atoms with Gasteiger partial charge in [0, 0.05) is 19.0 Å². The van der Waals surface area contributed by atoms with Gasteiger partial charge in [0.05, 0.1) is 23.9 Å². The van der Waals surface area contributed by atoms with E-state index >= 15 is 0 Å². The summed E-state index contributed by atoms with van der Waals surface area (Å²) in [7, 11) is 1.86. The minimum atomic E-state index is -0.439. The lowest BCUT2D eigenvalue weighted by Gasteiger charge is -2.22. The molecule has 1 atom stereocenters. The monoisotopic (exact) mass is 278 g/mol. The number of nitrogens with two attached hydrogens (primary N) is 1. The minimum absolute atomic E-state index is 0.101. The number of hydrogen-bond donors (Lipinski definition) is 2. The van der Waals surface area contributed by atoms with E-state index in [2.05, 4.69) is 11.4 Å². The van der Waals surface area contributed by atoms with Crippen molar-refractivity contribution in [1.82, 2.24) is 4.90 Å². The summed E-state index contributed by atoms with van der Waals surface area (Å²) >= 11 is 0. The highest BCUT2D eigenvalue weighted by Gasteiger charge is 2.11. The molecule has 0 aliphatic carbocycles. The van der Waals surface area contributed by atoms with Crippen LogP contribution in [0.3, 0.4) is 0 Å². The molecule has 0 aromatic heterocycles. The summed E-state index contributed by atoms with van der Waals surface area (Å²) in [5, 5.41) is 11.3. The third-order valence-electron chi connectivity index (χ3n) is 3.12. The maximum atomic E-state index is 12.9. The lowest BCUT2D eigenvalue weighted by molar-refractivity contribution is -0.116. The van der Waals surface area contributed by atoms with Gasteiger partial charge in [-0.05, 0) is 32.2 Å². The lowest BCUT2D eigenvalue weighted by atomic mass is 10.2. The zero-order chi connectivity index (χ0) is 15.1. The Kier molecular flexibility index (Phi) is 5.94. The van der Waals surface area contributed by atoms with E-state index in [0.29, 0.717) is 18.7 Å². The van der Waals surface area contributed by atoms with Gasteiger partial charge in [0.25, 0.3) is 0 Å². The highest BCUT2D eigenvalue weighted by molar-refractivity contribution is 5.93. The summed E-state index contributed by atoms with van der Waals surface area (Å²) in [6.07, 6.45) is 0.701. The molecule has 0 spiro atoms. The maximum Gasteiger partial charge on any atom is 0.225 e. The van der Waals surface area contributed by atoms with Gasteiger partial charge in [0.2, 0.25) is 5.91 Å². The number of carbonyl (C=O) groups excluding carboxylic acids is 1. The van der Waals surface area contributed by atoms with Crippen molar-refractivity contribution >= 4 is 17.3 Å². The van der Waals surface area contributed by atoms with Crippen LogP contribution < -0.4 is 11.1 Å². The third kappa shape index (κ3) is 4.86. The first kappa shape index (κ1) is 15.9. The van der Waals surface area contributed by atoms with E-state index in [1.165, 1.54) is 12.1 Å². The fraction of sp³-hybridized carbons (Fsp3) is 0.429. The number of hydrogen-bond acceptors (Lipinski definition) is 4. The van der Waals surface area contributed by atoms with Gasteiger partial charge >= 0.3 is 0 Å². The second-order valence-electron chi connectivity index (χ2n) is 4.72. The van der Waals surface area contributed by atoms with E-state index in [1.807, 2.05) is 18.9 Å². The normalized spacial score (nSPS) is 11.9. The Morgan fingerprint density at radius 1 is 1.60 bits per heavy atom. The largest absolute Gasteiger partial charge is 0.397 e. The summed E-state index contributed by atoms with van der Waals surface area (Å²) in [4.78, 5) is 13.7. The lowest BCUT2D eigenvalue weighted by Crippen LogP contribution is -2.31. The van der Waals surface area contributed by atoms with Crippen LogP contribution in [0.5, 0.6) is 0 Å².